The molecule has 0 unspecified atom stereocenters. The standard InChI is InChI=1S/C18H16N2O4/c19-17(22)12-3-5-13(6-4-12)18(23)24-15-9-7-14(8-10-15)20-11-1-2-16(20)21/h3-10H,1-2,11H2,(H2,19,22). The quantitative estimate of drug-likeness (QED) is 0.689. The van der Waals surface area contributed by atoms with E-state index in [0.29, 0.717) is 29.8 Å². The van der Waals surface area contributed by atoms with Crippen LogP contribution in [-0.4, -0.2) is 24.3 Å². The van der Waals surface area contributed by atoms with Gasteiger partial charge in [-0.1, -0.05) is 0 Å². The Labute approximate surface area is 138 Å². The summed E-state index contributed by atoms with van der Waals surface area (Å²) in [5, 5.41) is 0. The first-order valence-corrected chi connectivity index (χ1v) is 7.57. The Kier molecular flexibility index (Phi) is 4.29. The minimum atomic E-state index is -0.554. The highest BCUT2D eigenvalue weighted by Gasteiger charge is 2.21. The summed E-state index contributed by atoms with van der Waals surface area (Å²) in [5.41, 5.74) is 6.59. The molecule has 122 valence electrons. The molecule has 1 heterocycles. The normalized spacial score (nSPS) is 13.8. The Hall–Kier alpha value is -3.15. The maximum absolute atomic E-state index is 12.1. The van der Waals surface area contributed by atoms with Crippen LogP contribution in [-0.2, 0) is 4.79 Å². The molecular formula is C18H16N2O4. The molecule has 1 saturated heterocycles. The second-order valence-electron chi connectivity index (χ2n) is 5.47. The van der Waals surface area contributed by atoms with Crippen molar-refractivity contribution in [3.05, 3.63) is 59.7 Å². The van der Waals surface area contributed by atoms with E-state index >= 15 is 0 Å². The maximum Gasteiger partial charge on any atom is 0.343 e. The van der Waals surface area contributed by atoms with Crippen molar-refractivity contribution < 1.29 is 19.1 Å². The average Bonchev–Trinajstić information content (AvgIpc) is 3.01. The van der Waals surface area contributed by atoms with Gasteiger partial charge in [0.25, 0.3) is 0 Å². The zero-order chi connectivity index (χ0) is 17.1. The Balaban J connectivity index is 1.68. The molecule has 6 heteroatoms. The lowest BCUT2D eigenvalue weighted by atomic mass is 10.1. The van der Waals surface area contributed by atoms with Crippen molar-refractivity contribution in [3.8, 4) is 5.75 Å². The number of primary amides is 1. The van der Waals surface area contributed by atoms with Gasteiger partial charge in [-0.25, -0.2) is 4.79 Å². The van der Waals surface area contributed by atoms with Gasteiger partial charge in [-0.05, 0) is 55.0 Å². The minimum Gasteiger partial charge on any atom is -0.423 e. The molecular weight excluding hydrogens is 308 g/mol. The van der Waals surface area contributed by atoms with Gasteiger partial charge in [-0.2, -0.15) is 0 Å². The van der Waals surface area contributed by atoms with Crippen molar-refractivity contribution in [2.75, 3.05) is 11.4 Å². The number of carbonyl (C=O) groups excluding carboxylic acids is 3. The van der Waals surface area contributed by atoms with Crippen LogP contribution in [0, 0.1) is 0 Å². The monoisotopic (exact) mass is 324 g/mol. The summed E-state index contributed by atoms with van der Waals surface area (Å²) in [4.78, 5) is 36.5. The highest BCUT2D eigenvalue weighted by atomic mass is 16.5. The first-order chi connectivity index (χ1) is 11.5. The van der Waals surface area contributed by atoms with E-state index in [1.165, 1.54) is 24.3 Å². The summed E-state index contributed by atoms with van der Waals surface area (Å²) in [6, 6.07) is 12.7. The molecule has 0 saturated carbocycles. The Bertz CT molecular complexity index is 782. The van der Waals surface area contributed by atoms with Crippen LogP contribution in [0.2, 0.25) is 0 Å². The fraction of sp³-hybridized carbons (Fsp3) is 0.167. The van der Waals surface area contributed by atoms with Gasteiger partial charge in [-0.15, -0.1) is 0 Å². The summed E-state index contributed by atoms with van der Waals surface area (Å²) in [6.07, 6.45) is 1.43. The van der Waals surface area contributed by atoms with E-state index in [4.69, 9.17) is 10.5 Å². The van der Waals surface area contributed by atoms with Crippen LogP contribution in [0.15, 0.2) is 48.5 Å². The number of benzene rings is 2. The second kappa shape index (κ2) is 6.54. The lowest BCUT2D eigenvalue weighted by molar-refractivity contribution is -0.117. The third-order valence-electron chi connectivity index (χ3n) is 3.84. The van der Waals surface area contributed by atoms with Gasteiger partial charge in [0.2, 0.25) is 11.8 Å². The van der Waals surface area contributed by atoms with E-state index in [1.54, 1.807) is 29.2 Å². The zero-order valence-electron chi connectivity index (χ0n) is 12.9. The first kappa shape index (κ1) is 15.7. The van der Waals surface area contributed by atoms with Crippen LogP contribution < -0.4 is 15.4 Å². The number of hydrogen-bond donors (Lipinski definition) is 1. The zero-order valence-corrected chi connectivity index (χ0v) is 12.9. The fourth-order valence-corrected chi connectivity index (χ4v) is 2.55. The van der Waals surface area contributed by atoms with E-state index < -0.39 is 11.9 Å². The van der Waals surface area contributed by atoms with Gasteiger partial charge in [-0.3, -0.25) is 9.59 Å². The summed E-state index contributed by atoms with van der Waals surface area (Å²) >= 11 is 0. The van der Waals surface area contributed by atoms with E-state index in [2.05, 4.69) is 0 Å². The topological polar surface area (TPSA) is 89.7 Å². The maximum atomic E-state index is 12.1. The van der Waals surface area contributed by atoms with E-state index in [9.17, 15) is 14.4 Å². The van der Waals surface area contributed by atoms with Crippen molar-refractivity contribution in [3.63, 3.8) is 0 Å². The number of anilines is 1. The molecule has 0 spiro atoms. The van der Waals surface area contributed by atoms with Gasteiger partial charge in [0.05, 0.1) is 5.56 Å². The smallest absolute Gasteiger partial charge is 0.343 e. The van der Waals surface area contributed by atoms with E-state index in [-0.39, 0.29) is 5.91 Å². The second-order valence-corrected chi connectivity index (χ2v) is 5.47. The lowest BCUT2D eigenvalue weighted by Crippen LogP contribution is -2.23. The van der Waals surface area contributed by atoms with Crippen LogP contribution in [0.5, 0.6) is 5.75 Å². The van der Waals surface area contributed by atoms with Crippen LogP contribution >= 0.6 is 0 Å². The van der Waals surface area contributed by atoms with Gasteiger partial charge in [0.15, 0.2) is 0 Å². The molecule has 0 bridgehead atoms. The Morgan fingerprint density at radius 1 is 0.958 bits per heavy atom. The van der Waals surface area contributed by atoms with Crippen molar-refractivity contribution in [1.29, 1.82) is 0 Å². The van der Waals surface area contributed by atoms with Gasteiger partial charge >= 0.3 is 5.97 Å². The van der Waals surface area contributed by atoms with Gasteiger partial charge in [0, 0.05) is 24.2 Å². The van der Waals surface area contributed by atoms with Crippen molar-refractivity contribution in [2.24, 2.45) is 5.73 Å². The molecule has 2 aromatic rings. The van der Waals surface area contributed by atoms with Crippen LogP contribution in [0.3, 0.4) is 0 Å². The molecule has 2 amide bonds. The molecule has 6 nitrogen and oxygen atoms in total. The van der Waals surface area contributed by atoms with Crippen LogP contribution in [0.1, 0.15) is 33.6 Å². The molecule has 1 aliphatic heterocycles. The molecule has 0 aromatic heterocycles. The highest BCUT2D eigenvalue weighted by molar-refractivity contribution is 5.96. The van der Waals surface area contributed by atoms with Crippen LogP contribution in [0.25, 0.3) is 0 Å². The number of esters is 1. The molecule has 1 fully saturated rings. The molecule has 0 atom stereocenters. The predicted octanol–water partition coefficient (Wildman–Crippen LogP) is 2.13. The Morgan fingerprint density at radius 3 is 2.12 bits per heavy atom. The van der Waals surface area contributed by atoms with E-state index in [0.717, 1.165) is 12.1 Å². The Morgan fingerprint density at radius 2 is 1.58 bits per heavy atom. The number of ether oxygens (including phenoxy) is 1. The van der Waals surface area contributed by atoms with Crippen molar-refractivity contribution in [1.82, 2.24) is 0 Å². The molecule has 0 radical (unpaired) electrons. The third kappa shape index (κ3) is 3.27. The van der Waals surface area contributed by atoms with Gasteiger partial charge < -0.3 is 15.4 Å². The summed E-state index contributed by atoms with van der Waals surface area (Å²) in [7, 11) is 0. The molecule has 0 aliphatic carbocycles. The number of carbonyl (C=O) groups is 3. The number of nitrogens with two attached hydrogens (primary N) is 1. The van der Waals surface area contributed by atoms with Crippen molar-refractivity contribution >= 4 is 23.5 Å². The number of nitrogens with zero attached hydrogens (tertiary/aromatic N) is 1. The number of hydrogen-bond acceptors (Lipinski definition) is 4. The highest BCUT2D eigenvalue weighted by Crippen LogP contribution is 2.24. The summed E-state index contributed by atoms with van der Waals surface area (Å²) in [5.74, 6) is -0.596. The minimum absolute atomic E-state index is 0.106. The van der Waals surface area contributed by atoms with Crippen molar-refractivity contribution in [2.45, 2.75) is 12.8 Å². The van der Waals surface area contributed by atoms with Gasteiger partial charge in [0.1, 0.15) is 5.75 Å². The SMILES string of the molecule is NC(=O)c1ccc(C(=O)Oc2ccc(N3CCCC3=O)cc2)cc1. The molecule has 1 aliphatic rings. The predicted molar refractivity (Wildman–Crippen MR) is 87.9 cm³/mol. The van der Waals surface area contributed by atoms with E-state index in [1.807, 2.05) is 0 Å². The van der Waals surface area contributed by atoms with Crippen LogP contribution in [0.4, 0.5) is 5.69 Å². The average molecular weight is 324 g/mol. The molecule has 2 N–H and O–H groups in total. The first-order valence-electron chi connectivity index (χ1n) is 7.57. The molecule has 2 aromatic carbocycles. The number of rotatable bonds is 4. The number of amides is 2. The summed E-state index contributed by atoms with van der Waals surface area (Å²) in [6.45, 7) is 0.712. The molecule has 24 heavy (non-hydrogen) atoms. The fourth-order valence-electron chi connectivity index (χ4n) is 2.55. The molecule has 3 rings (SSSR count). The summed E-state index contributed by atoms with van der Waals surface area (Å²) < 4.78 is 5.29. The third-order valence-corrected chi connectivity index (χ3v) is 3.84. The lowest BCUT2D eigenvalue weighted by Gasteiger charge is -2.15. The largest absolute Gasteiger partial charge is 0.423 e.